The van der Waals surface area contributed by atoms with Crippen molar-refractivity contribution in [2.75, 3.05) is 4.90 Å². The van der Waals surface area contributed by atoms with Gasteiger partial charge in [0.05, 0.1) is 27.8 Å². The molecule has 0 radical (unpaired) electrons. The summed E-state index contributed by atoms with van der Waals surface area (Å²) in [6.07, 6.45) is 0. The van der Waals surface area contributed by atoms with Crippen molar-refractivity contribution in [2.45, 2.75) is 0 Å². The van der Waals surface area contributed by atoms with Crippen molar-refractivity contribution >= 4 is 82.4 Å². The molecule has 0 spiro atoms. The van der Waals surface area contributed by atoms with Crippen molar-refractivity contribution in [3.05, 3.63) is 243 Å². The van der Waals surface area contributed by atoms with Gasteiger partial charge < -0.3 is 13.9 Å². The largest absolute Gasteiger partial charge is 0.455 e. The van der Waals surface area contributed by atoms with Gasteiger partial charge in [0.15, 0.2) is 0 Å². The summed E-state index contributed by atoms with van der Waals surface area (Å²) in [6, 6.07) is 87.6. The maximum Gasteiger partial charge on any atom is 0.145 e. The van der Waals surface area contributed by atoms with Crippen LogP contribution >= 0.6 is 0 Å². The van der Waals surface area contributed by atoms with E-state index in [1.54, 1.807) is 0 Å². The lowest BCUT2D eigenvalue weighted by Gasteiger charge is -2.27. The average Bonchev–Trinajstić information content (AvgIpc) is 3.94. The van der Waals surface area contributed by atoms with Crippen LogP contribution in [-0.4, -0.2) is 4.57 Å². The van der Waals surface area contributed by atoms with Crippen LogP contribution in [-0.2, 0) is 0 Å². The Bertz CT molecular complexity index is 3880. The van der Waals surface area contributed by atoms with Gasteiger partial charge in [-0.15, -0.1) is 0 Å². The second-order valence-corrected chi connectivity index (χ2v) is 16.8. The monoisotopic (exact) mass is 828 g/mol. The Morgan fingerprint density at radius 3 is 1.58 bits per heavy atom. The second-order valence-electron chi connectivity index (χ2n) is 16.8. The van der Waals surface area contributed by atoms with Gasteiger partial charge >= 0.3 is 0 Å². The quantitative estimate of drug-likeness (QED) is 0.149. The Kier molecular flexibility index (Phi) is 8.53. The first-order valence-corrected chi connectivity index (χ1v) is 22.2. The molecule has 3 nitrogen and oxygen atoms in total. The van der Waals surface area contributed by atoms with Crippen LogP contribution in [0.5, 0.6) is 0 Å². The zero-order valence-corrected chi connectivity index (χ0v) is 35.4. The standard InChI is InChI=1S/C62H40N2O/c1-2-14-41(15-3-1)42-30-34-47(35-31-42)63(48-36-32-43(33-37-48)46-29-28-45-27-26-44-16-4-5-17-49(44)55(45)40-46)59-39-38-53(62-61(59)54-21-9-13-25-60(54)65-62)52-20-8-12-24-58(52)64-56-22-10-6-18-50(56)51-19-7-11-23-57(51)64/h1-40H. The molecule has 0 saturated heterocycles. The molecule has 2 heterocycles. The molecule has 2 aromatic heterocycles. The molecular formula is C62H40N2O. The van der Waals surface area contributed by atoms with Gasteiger partial charge in [-0.2, -0.15) is 0 Å². The molecule has 0 amide bonds. The molecule has 0 atom stereocenters. The second kappa shape index (κ2) is 15.0. The predicted octanol–water partition coefficient (Wildman–Crippen LogP) is 17.5. The molecule has 0 aliphatic carbocycles. The minimum absolute atomic E-state index is 0.850. The van der Waals surface area contributed by atoms with E-state index in [1.807, 2.05) is 0 Å². The van der Waals surface area contributed by atoms with Crippen LogP contribution in [0.3, 0.4) is 0 Å². The number of aromatic nitrogens is 1. The Morgan fingerprint density at radius 2 is 0.862 bits per heavy atom. The number of hydrogen-bond donors (Lipinski definition) is 0. The highest BCUT2D eigenvalue weighted by atomic mass is 16.3. The molecule has 0 aliphatic heterocycles. The first-order valence-electron chi connectivity index (χ1n) is 22.2. The van der Waals surface area contributed by atoms with E-state index < -0.39 is 0 Å². The van der Waals surface area contributed by atoms with Crippen LogP contribution in [0.15, 0.2) is 247 Å². The van der Waals surface area contributed by atoms with Gasteiger partial charge in [-0.1, -0.05) is 176 Å². The maximum absolute atomic E-state index is 7.03. The number of fused-ring (bicyclic) bond motifs is 9. The third kappa shape index (κ3) is 6.05. The van der Waals surface area contributed by atoms with Gasteiger partial charge in [0.2, 0.25) is 0 Å². The summed E-state index contributed by atoms with van der Waals surface area (Å²) in [6.45, 7) is 0. The molecule has 0 unspecified atom stereocenters. The highest BCUT2D eigenvalue weighted by Crippen LogP contribution is 2.48. The fraction of sp³-hybridized carbons (Fsp3) is 0. The molecule has 13 aromatic rings. The summed E-state index contributed by atoms with van der Waals surface area (Å²) in [5.74, 6) is 0. The van der Waals surface area contributed by atoms with E-state index in [9.17, 15) is 0 Å². The number of para-hydroxylation sites is 4. The van der Waals surface area contributed by atoms with Gasteiger partial charge in [0.1, 0.15) is 11.2 Å². The SMILES string of the molecule is c1ccc(-c2ccc(N(c3ccc(-c4ccc5ccc6ccccc6c5c4)cc3)c3ccc(-c4ccccc4-n4c5ccccc5c5ccccc54)c4oc5ccccc5c34)cc2)cc1. The Labute approximate surface area is 376 Å². The van der Waals surface area contributed by atoms with Crippen molar-refractivity contribution in [1.82, 2.24) is 4.57 Å². The molecule has 0 aliphatic rings. The normalized spacial score (nSPS) is 11.7. The van der Waals surface area contributed by atoms with Crippen LogP contribution in [0.25, 0.3) is 104 Å². The molecule has 304 valence electrons. The molecule has 0 fully saturated rings. The van der Waals surface area contributed by atoms with Gasteiger partial charge in [0, 0.05) is 38.7 Å². The molecule has 3 heteroatoms. The van der Waals surface area contributed by atoms with Crippen LogP contribution < -0.4 is 4.90 Å². The molecule has 0 saturated carbocycles. The first kappa shape index (κ1) is 36.9. The van der Waals surface area contributed by atoms with Crippen molar-refractivity contribution in [3.63, 3.8) is 0 Å². The first-order chi connectivity index (χ1) is 32.2. The number of nitrogens with zero attached hydrogens (tertiary/aromatic N) is 2. The lowest BCUT2D eigenvalue weighted by Crippen LogP contribution is -2.10. The Balaban J connectivity index is 1.01. The highest BCUT2D eigenvalue weighted by molar-refractivity contribution is 6.18. The molecule has 0 N–H and O–H groups in total. The smallest absolute Gasteiger partial charge is 0.145 e. The van der Waals surface area contributed by atoms with Crippen LogP contribution in [0.4, 0.5) is 17.1 Å². The van der Waals surface area contributed by atoms with E-state index in [2.05, 4.69) is 252 Å². The number of hydrogen-bond acceptors (Lipinski definition) is 2. The fourth-order valence-corrected chi connectivity index (χ4v) is 10.1. The Morgan fingerprint density at radius 1 is 0.338 bits per heavy atom. The average molecular weight is 829 g/mol. The van der Waals surface area contributed by atoms with E-state index in [-0.39, 0.29) is 0 Å². The lowest BCUT2D eigenvalue weighted by molar-refractivity contribution is 0.670. The van der Waals surface area contributed by atoms with Crippen molar-refractivity contribution in [1.29, 1.82) is 0 Å². The third-order valence-electron chi connectivity index (χ3n) is 13.2. The minimum Gasteiger partial charge on any atom is -0.455 e. The topological polar surface area (TPSA) is 21.3 Å². The van der Waals surface area contributed by atoms with Crippen LogP contribution in [0.2, 0.25) is 0 Å². The highest BCUT2D eigenvalue weighted by Gasteiger charge is 2.24. The summed E-state index contributed by atoms with van der Waals surface area (Å²) < 4.78 is 9.44. The summed E-state index contributed by atoms with van der Waals surface area (Å²) in [7, 11) is 0. The fourth-order valence-electron chi connectivity index (χ4n) is 10.1. The lowest BCUT2D eigenvalue weighted by atomic mass is 9.96. The number of anilines is 3. The van der Waals surface area contributed by atoms with Crippen LogP contribution in [0.1, 0.15) is 0 Å². The zero-order valence-electron chi connectivity index (χ0n) is 35.4. The summed E-state index contributed by atoms with van der Waals surface area (Å²) in [4.78, 5) is 2.39. The Hall–Kier alpha value is -8.66. The number of rotatable bonds is 7. The van der Waals surface area contributed by atoms with E-state index in [0.29, 0.717) is 0 Å². The molecular weight excluding hydrogens is 789 g/mol. The van der Waals surface area contributed by atoms with E-state index in [1.165, 1.54) is 65.6 Å². The van der Waals surface area contributed by atoms with E-state index in [4.69, 9.17) is 4.42 Å². The predicted molar refractivity (Wildman–Crippen MR) is 274 cm³/mol. The molecule has 65 heavy (non-hydrogen) atoms. The summed E-state index contributed by atoms with van der Waals surface area (Å²) >= 11 is 0. The summed E-state index contributed by atoms with van der Waals surface area (Å²) in [5, 5.41) is 9.62. The molecule has 0 bridgehead atoms. The van der Waals surface area contributed by atoms with E-state index in [0.717, 1.165) is 55.8 Å². The van der Waals surface area contributed by atoms with Crippen molar-refractivity contribution in [3.8, 4) is 39.1 Å². The third-order valence-corrected chi connectivity index (χ3v) is 13.2. The van der Waals surface area contributed by atoms with Gasteiger partial charge in [-0.3, -0.25) is 0 Å². The van der Waals surface area contributed by atoms with Crippen LogP contribution in [0, 0.1) is 0 Å². The maximum atomic E-state index is 7.03. The molecule has 11 aromatic carbocycles. The van der Waals surface area contributed by atoms with Gasteiger partial charge in [-0.05, 0) is 111 Å². The number of benzene rings is 11. The van der Waals surface area contributed by atoms with Crippen molar-refractivity contribution in [2.24, 2.45) is 0 Å². The van der Waals surface area contributed by atoms with E-state index >= 15 is 0 Å². The summed E-state index contributed by atoms with van der Waals surface area (Å²) in [5.41, 5.74) is 15.1. The van der Waals surface area contributed by atoms with Crippen molar-refractivity contribution < 1.29 is 4.42 Å². The van der Waals surface area contributed by atoms with Gasteiger partial charge in [0.25, 0.3) is 0 Å². The van der Waals surface area contributed by atoms with Gasteiger partial charge in [-0.25, -0.2) is 0 Å². The number of furan rings is 1. The molecule has 13 rings (SSSR count). The minimum atomic E-state index is 0.850. The zero-order chi connectivity index (χ0) is 42.8.